The Labute approximate surface area is 150 Å². The number of methoxy groups -OCH3 is 1. The van der Waals surface area contributed by atoms with E-state index in [2.05, 4.69) is 15.4 Å². The number of carbonyl (C=O) groups is 1. The van der Waals surface area contributed by atoms with Crippen LogP contribution >= 0.6 is 0 Å². The second kappa shape index (κ2) is 7.77. The second-order valence-electron chi connectivity index (χ2n) is 5.64. The van der Waals surface area contributed by atoms with Gasteiger partial charge in [-0.25, -0.2) is 14.1 Å². The first kappa shape index (κ1) is 17.6. The zero-order valence-electron chi connectivity index (χ0n) is 14.6. The molecule has 0 aliphatic rings. The van der Waals surface area contributed by atoms with E-state index in [1.165, 1.54) is 18.3 Å². The van der Waals surface area contributed by atoms with Gasteiger partial charge < -0.3 is 10.1 Å². The lowest BCUT2D eigenvalue weighted by molar-refractivity contribution is 0.0950. The first-order chi connectivity index (χ1) is 12.6. The summed E-state index contributed by atoms with van der Waals surface area (Å²) in [4.78, 5) is 16.7. The van der Waals surface area contributed by atoms with Crippen LogP contribution in [-0.4, -0.2) is 27.8 Å². The third-order valence-electron chi connectivity index (χ3n) is 3.98. The van der Waals surface area contributed by atoms with Gasteiger partial charge in [0.1, 0.15) is 5.82 Å². The molecule has 1 aromatic carbocycles. The Bertz CT molecular complexity index is 889. The maximum atomic E-state index is 13.1. The number of hydrogen-bond donors (Lipinski definition) is 1. The van der Waals surface area contributed by atoms with E-state index < -0.39 is 0 Å². The van der Waals surface area contributed by atoms with E-state index in [1.54, 1.807) is 36.2 Å². The van der Waals surface area contributed by atoms with Crippen molar-refractivity contribution in [3.05, 3.63) is 71.4 Å². The molecule has 7 heteroatoms. The highest BCUT2D eigenvalue weighted by Crippen LogP contribution is 2.16. The van der Waals surface area contributed by atoms with Gasteiger partial charge in [-0.2, -0.15) is 5.10 Å². The quantitative estimate of drug-likeness (QED) is 0.739. The Hall–Kier alpha value is -3.22. The number of halogens is 1. The molecule has 0 spiro atoms. The summed E-state index contributed by atoms with van der Waals surface area (Å²) in [5.74, 6) is -0.00929. The van der Waals surface area contributed by atoms with E-state index >= 15 is 0 Å². The van der Waals surface area contributed by atoms with Gasteiger partial charge in [0.15, 0.2) is 0 Å². The van der Waals surface area contributed by atoms with Crippen LogP contribution in [0.5, 0.6) is 5.88 Å². The first-order valence-electron chi connectivity index (χ1n) is 8.22. The molecule has 0 fully saturated rings. The maximum Gasteiger partial charge on any atom is 0.255 e. The van der Waals surface area contributed by atoms with Crippen molar-refractivity contribution in [2.24, 2.45) is 0 Å². The topological polar surface area (TPSA) is 69.0 Å². The van der Waals surface area contributed by atoms with Crippen LogP contribution in [0.2, 0.25) is 0 Å². The summed E-state index contributed by atoms with van der Waals surface area (Å²) in [6.07, 6.45) is 3.80. The van der Waals surface area contributed by atoms with Crippen molar-refractivity contribution >= 4 is 5.91 Å². The predicted octanol–water partition coefficient (Wildman–Crippen LogP) is 2.91. The van der Waals surface area contributed by atoms with Gasteiger partial charge in [0.05, 0.1) is 30.3 Å². The third kappa shape index (κ3) is 3.72. The summed E-state index contributed by atoms with van der Waals surface area (Å²) in [6, 6.07) is 9.58. The molecule has 0 bridgehead atoms. The number of hydrogen-bond acceptors (Lipinski definition) is 4. The molecule has 3 rings (SSSR count). The first-order valence-corrected chi connectivity index (χ1v) is 8.22. The molecule has 2 heterocycles. The molecule has 3 aromatic rings. The Morgan fingerprint density at radius 2 is 1.96 bits per heavy atom. The van der Waals surface area contributed by atoms with Crippen LogP contribution in [0.1, 0.15) is 28.5 Å². The molecular formula is C19H19FN4O2. The minimum absolute atomic E-state index is 0.217. The number of pyridine rings is 1. The monoisotopic (exact) mass is 354 g/mol. The van der Waals surface area contributed by atoms with Gasteiger partial charge in [0.2, 0.25) is 5.88 Å². The van der Waals surface area contributed by atoms with Gasteiger partial charge in [-0.05, 0) is 36.2 Å². The molecule has 0 unspecified atom stereocenters. The minimum atomic E-state index is -0.315. The average Bonchev–Trinajstić information content (AvgIpc) is 3.11. The van der Waals surface area contributed by atoms with Crippen LogP contribution in [0.15, 0.2) is 48.8 Å². The smallest absolute Gasteiger partial charge is 0.255 e. The van der Waals surface area contributed by atoms with Gasteiger partial charge >= 0.3 is 0 Å². The van der Waals surface area contributed by atoms with Crippen LogP contribution in [0.3, 0.4) is 0 Å². The fourth-order valence-electron chi connectivity index (χ4n) is 2.62. The molecule has 0 saturated heterocycles. The summed E-state index contributed by atoms with van der Waals surface area (Å²) in [5, 5.41) is 7.16. The number of rotatable bonds is 6. The fraction of sp³-hybridized carbons (Fsp3) is 0.211. The van der Waals surface area contributed by atoms with E-state index in [9.17, 15) is 9.18 Å². The molecule has 134 valence electrons. The summed E-state index contributed by atoms with van der Waals surface area (Å²) in [5.41, 5.74) is 2.84. The summed E-state index contributed by atoms with van der Waals surface area (Å²) >= 11 is 0. The molecule has 2 aromatic heterocycles. The van der Waals surface area contributed by atoms with Crippen molar-refractivity contribution in [2.45, 2.75) is 19.9 Å². The van der Waals surface area contributed by atoms with Crippen molar-refractivity contribution in [3.63, 3.8) is 0 Å². The van der Waals surface area contributed by atoms with Crippen LogP contribution in [0.25, 0.3) is 5.69 Å². The summed E-state index contributed by atoms with van der Waals surface area (Å²) in [6.45, 7) is 2.29. The number of ether oxygens (including phenoxy) is 1. The van der Waals surface area contributed by atoms with Crippen molar-refractivity contribution in [1.29, 1.82) is 0 Å². The lowest BCUT2D eigenvalue weighted by Gasteiger charge is -2.09. The lowest BCUT2D eigenvalue weighted by atomic mass is 10.2. The largest absolute Gasteiger partial charge is 0.481 e. The molecule has 1 amide bonds. The van der Waals surface area contributed by atoms with Gasteiger partial charge in [0.25, 0.3) is 5.91 Å². The van der Waals surface area contributed by atoms with Crippen molar-refractivity contribution < 1.29 is 13.9 Å². The molecule has 0 aliphatic heterocycles. The van der Waals surface area contributed by atoms with Gasteiger partial charge in [-0.15, -0.1) is 0 Å². The molecule has 0 saturated carbocycles. The van der Waals surface area contributed by atoms with Gasteiger partial charge in [0, 0.05) is 18.8 Å². The second-order valence-corrected chi connectivity index (χ2v) is 5.64. The molecule has 0 aliphatic carbocycles. The highest BCUT2D eigenvalue weighted by molar-refractivity contribution is 5.95. The average molecular weight is 354 g/mol. The van der Waals surface area contributed by atoms with Crippen molar-refractivity contribution in [2.75, 3.05) is 7.11 Å². The van der Waals surface area contributed by atoms with Crippen LogP contribution < -0.4 is 10.1 Å². The number of nitrogens with zero attached hydrogens (tertiary/aromatic N) is 3. The normalized spacial score (nSPS) is 10.6. The molecule has 6 nitrogen and oxygen atoms in total. The van der Waals surface area contributed by atoms with Crippen molar-refractivity contribution in [1.82, 2.24) is 20.1 Å². The predicted molar refractivity (Wildman–Crippen MR) is 94.9 cm³/mol. The van der Waals surface area contributed by atoms with Crippen LogP contribution in [0, 0.1) is 5.82 Å². The minimum Gasteiger partial charge on any atom is -0.481 e. The van der Waals surface area contributed by atoms with Crippen LogP contribution in [-0.2, 0) is 13.0 Å². The van der Waals surface area contributed by atoms with E-state index in [-0.39, 0.29) is 11.7 Å². The Balaban J connectivity index is 1.75. The third-order valence-corrected chi connectivity index (χ3v) is 3.98. The Morgan fingerprint density at radius 3 is 2.58 bits per heavy atom. The summed E-state index contributed by atoms with van der Waals surface area (Å²) in [7, 11) is 1.55. The zero-order valence-corrected chi connectivity index (χ0v) is 14.6. The molecule has 26 heavy (non-hydrogen) atoms. The van der Waals surface area contributed by atoms with E-state index in [0.717, 1.165) is 11.3 Å². The zero-order chi connectivity index (χ0) is 18.5. The fourth-order valence-corrected chi connectivity index (χ4v) is 2.62. The lowest BCUT2D eigenvalue weighted by Crippen LogP contribution is -2.23. The molecule has 0 atom stereocenters. The van der Waals surface area contributed by atoms with Gasteiger partial charge in [-0.3, -0.25) is 4.79 Å². The summed E-state index contributed by atoms with van der Waals surface area (Å²) < 4.78 is 19.8. The maximum absolute atomic E-state index is 13.1. The molecule has 0 radical (unpaired) electrons. The number of aromatic nitrogens is 3. The van der Waals surface area contributed by atoms with E-state index in [0.29, 0.717) is 30.1 Å². The standard InChI is InChI=1S/C19H19FN4O2/c1-3-17-16(12-23-24(17)15-7-5-14(20)6-8-15)19(25)22-11-13-4-9-18(26-2)21-10-13/h4-10,12H,3,11H2,1-2H3,(H,22,25). The van der Waals surface area contributed by atoms with Crippen LogP contribution in [0.4, 0.5) is 4.39 Å². The Kier molecular flexibility index (Phi) is 5.26. The van der Waals surface area contributed by atoms with Gasteiger partial charge in [-0.1, -0.05) is 13.0 Å². The highest BCUT2D eigenvalue weighted by atomic mass is 19.1. The van der Waals surface area contributed by atoms with E-state index in [1.807, 2.05) is 13.0 Å². The van der Waals surface area contributed by atoms with Crippen molar-refractivity contribution in [3.8, 4) is 11.6 Å². The van der Waals surface area contributed by atoms with E-state index in [4.69, 9.17) is 4.74 Å². The number of amides is 1. The number of nitrogens with one attached hydrogen (secondary N) is 1. The number of carbonyl (C=O) groups excluding carboxylic acids is 1. The Morgan fingerprint density at radius 1 is 1.19 bits per heavy atom. The highest BCUT2D eigenvalue weighted by Gasteiger charge is 2.17. The SMILES string of the molecule is CCc1c(C(=O)NCc2ccc(OC)nc2)cnn1-c1ccc(F)cc1. The number of benzene rings is 1. The molecular weight excluding hydrogens is 335 g/mol. The molecule has 1 N–H and O–H groups in total.